The smallest absolute Gasteiger partial charge is 0.119 e. The van der Waals surface area contributed by atoms with Gasteiger partial charge in [0.05, 0.1) is 19.3 Å². The number of likely N-dealkylation sites (N-methyl/N-ethyl adjacent to an activating group) is 1. The van der Waals surface area contributed by atoms with E-state index < -0.39 is 0 Å². The maximum Gasteiger partial charge on any atom is 0.119 e. The van der Waals surface area contributed by atoms with Crippen molar-refractivity contribution in [3.63, 3.8) is 0 Å². The number of benzene rings is 1. The summed E-state index contributed by atoms with van der Waals surface area (Å²) < 4.78 is 11.4. The fourth-order valence-electron chi connectivity index (χ4n) is 1.88. The second-order valence-corrected chi connectivity index (χ2v) is 5.52. The van der Waals surface area contributed by atoms with Gasteiger partial charge < -0.3 is 14.8 Å². The summed E-state index contributed by atoms with van der Waals surface area (Å²) in [5.41, 5.74) is 1.24. The van der Waals surface area contributed by atoms with E-state index in [1.165, 1.54) is 5.56 Å². The Hall–Kier alpha value is -1.06. The minimum atomic E-state index is 0.238. The zero-order chi connectivity index (χ0) is 14.8. The van der Waals surface area contributed by atoms with E-state index in [1.54, 1.807) is 0 Å². The van der Waals surface area contributed by atoms with Gasteiger partial charge in [-0.1, -0.05) is 32.9 Å². The molecule has 0 spiro atoms. The summed E-state index contributed by atoms with van der Waals surface area (Å²) in [6.07, 6.45) is 2.14. The lowest BCUT2D eigenvalue weighted by atomic mass is 10.1. The Labute approximate surface area is 123 Å². The molecule has 0 fully saturated rings. The molecule has 0 aliphatic rings. The quantitative estimate of drug-likeness (QED) is 0.661. The predicted octanol–water partition coefficient (Wildman–Crippen LogP) is 3.80. The Morgan fingerprint density at radius 1 is 1.10 bits per heavy atom. The summed E-state index contributed by atoms with van der Waals surface area (Å²) in [5.74, 6) is 1.63. The van der Waals surface area contributed by atoms with Crippen molar-refractivity contribution in [2.24, 2.45) is 5.92 Å². The topological polar surface area (TPSA) is 30.5 Å². The number of nitrogens with one attached hydrogen (secondary N) is 1. The predicted molar refractivity (Wildman–Crippen MR) is 84.3 cm³/mol. The van der Waals surface area contributed by atoms with Crippen LogP contribution in [0.15, 0.2) is 24.3 Å². The molecular formula is C17H29NO2. The van der Waals surface area contributed by atoms with Crippen LogP contribution in [0.4, 0.5) is 0 Å². The van der Waals surface area contributed by atoms with Gasteiger partial charge >= 0.3 is 0 Å². The van der Waals surface area contributed by atoms with Crippen LogP contribution in [0.5, 0.6) is 5.75 Å². The van der Waals surface area contributed by atoms with E-state index in [2.05, 4.69) is 38.2 Å². The highest BCUT2D eigenvalue weighted by Gasteiger charge is 2.09. The van der Waals surface area contributed by atoms with Crippen LogP contribution in [-0.2, 0) is 4.74 Å². The summed E-state index contributed by atoms with van der Waals surface area (Å²) in [6.45, 7) is 8.85. The van der Waals surface area contributed by atoms with Crippen molar-refractivity contribution in [2.45, 2.75) is 39.7 Å². The fourth-order valence-corrected chi connectivity index (χ4v) is 1.88. The van der Waals surface area contributed by atoms with E-state index in [9.17, 15) is 0 Å². The standard InChI is InChI=1S/C17H29NO2/c1-5-11-20-16-8-6-15(7-9-16)17(18-4)13-19-12-10-14(2)3/h6-9,14,17-18H,5,10-13H2,1-4H3. The van der Waals surface area contributed by atoms with Gasteiger partial charge in [0.1, 0.15) is 5.75 Å². The van der Waals surface area contributed by atoms with Gasteiger partial charge in [0.25, 0.3) is 0 Å². The van der Waals surface area contributed by atoms with Gasteiger partial charge in [-0.2, -0.15) is 0 Å². The van der Waals surface area contributed by atoms with Crippen LogP contribution in [0.2, 0.25) is 0 Å². The minimum absolute atomic E-state index is 0.238. The average molecular weight is 279 g/mol. The van der Waals surface area contributed by atoms with Gasteiger partial charge in [0.2, 0.25) is 0 Å². The third kappa shape index (κ3) is 6.40. The molecule has 1 atom stereocenters. The van der Waals surface area contributed by atoms with Crippen LogP contribution < -0.4 is 10.1 Å². The molecule has 0 bridgehead atoms. The van der Waals surface area contributed by atoms with Crippen LogP contribution in [0.3, 0.4) is 0 Å². The number of hydrogen-bond donors (Lipinski definition) is 1. The lowest BCUT2D eigenvalue weighted by molar-refractivity contribution is 0.104. The molecule has 1 N–H and O–H groups in total. The van der Waals surface area contributed by atoms with Crippen molar-refractivity contribution in [1.29, 1.82) is 0 Å². The fraction of sp³-hybridized carbons (Fsp3) is 0.647. The Kier molecular flexibility index (Phi) is 8.31. The highest BCUT2D eigenvalue weighted by Crippen LogP contribution is 2.18. The lowest BCUT2D eigenvalue weighted by Gasteiger charge is -2.18. The summed E-state index contributed by atoms with van der Waals surface area (Å²) in [4.78, 5) is 0. The van der Waals surface area contributed by atoms with Crippen LogP contribution >= 0.6 is 0 Å². The molecule has 0 aromatic heterocycles. The second-order valence-electron chi connectivity index (χ2n) is 5.52. The average Bonchev–Trinajstić information content (AvgIpc) is 2.46. The van der Waals surface area contributed by atoms with E-state index in [0.29, 0.717) is 12.5 Å². The van der Waals surface area contributed by atoms with Crippen molar-refractivity contribution in [3.8, 4) is 5.75 Å². The first-order valence-corrected chi connectivity index (χ1v) is 7.65. The largest absolute Gasteiger partial charge is 0.494 e. The highest BCUT2D eigenvalue weighted by molar-refractivity contribution is 5.29. The van der Waals surface area contributed by atoms with Gasteiger partial charge in [0.15, 0.2) is 0 Å². The molecule has 1 aromatic rings. The molecule has 1 unspecified atom stereocenters. The van der Waals surface area contributed by atoms with Crippen molar-refractivity contribution in [3.05, 3.63) is 29.8 Å². The van der Waals surface area contributed by atoms with Gasteiger partial charge in [-0.15, -0.1) is 0 Å². The van der Waals surface area contributed by atoms with Crippen LogP contribution in [0.25, 0.3) is 0 Å². The van der Waals surface area contributed by atoms with E-state index in [4.69, 9.17) is 9.47 Å². The first-order chi connectivity index (χ1) is 9.67. The zero-order valence-electron chi connectivity index (χ0n) is 13.3. The van der Waals surface area contributed by atoms with E-state index in [-0.39, 0.29) is 6.04 Å². The van der Waals surface area contributed by atoms with Crippen LogP contribution in [0, 0.1) is 5.92 Å². The molecule has 0 aliphatic heterocycles. The van der Waals surface area contributed by atoms with Gasteiger partial charge in [0, 0.05) is 6.61 Å². The number of rotatable bonds is 10. The van der Waals surface area contributed by atoms with Crippen molar-refractivity contribution in [2.75, 3.05) is 26.9 Å². The summed E-state index contributed by atoms with van der Waals surface area (Å²) in [6, 6.07) is 8.52. The maximum absolute atomic E-state index is 5.75. The molecular weight excluding hydrogens is 250 g/mol. The van der Waals surface area contributed by atoms with Gasteiger partial charge in [-0.3, -0.25) is 0 Å². The maximum atomic E-state index is 5.75. The molecule has 0 heterocycles. The Morgan fingerprint density at radius 2 is 1.80 bits per heavy atom. The third-order valence-electron chi connectivity index (χ3n) is 3.23. The van der Waals surface area contributed by atoms with Crippen LogP contribution in [0.1, 0.15) is 45.2 Å². The molecule has 3 nitrogen and oxygen atoms in total. The molecule has 0 amide bonds. The Bertz CT molecular complexity index is 349. The van der Waals surface area contributed by atoms with E-state index in [0.717, 1.165) is 31.8 Å². The number of hydrogen-bond acceptors (Lipinski definition) is 3. The Balaban J connectivity index is 2.43. The first-order valence-electron chi connectivity index (χ1n) is 7.65. The summed E-state index contributed by atoms with van der Waals surface area (Å²) in [7, 11) is 1.97. The normalized spacial score (nSPS) is 12.7. The molecule has 0 saturated heterocycles. The second kappa shape index (κ2) is 9.78. The summed E-state index contributed by atoms with van der Waals surface area (Å²) >= 11 is 0. The third-order valence-corrected chi connectivity index (χ3v) is 3.23. The van der Waals surface area contributed by atoms with Crippen molar-refractivity contribution >= 4 is 0 Å². The molecule has 1 rings (SSSR count). The molecule has 1 aromatic carbocycles. The summed E-state index contributed by atoms with van der Waals surface area (Å²) in [5, 5.41) is 3.30. The zero-order valence-corrected chi connectivity index (χ0v) is 13.3. The van der Waals surface area contributed by atoms with Crippen molar-refractivity contribution in [1.82, 2.24) is 5.32 Å². The molecule has 3 heteroatoms. The molecule has 0 aliphatic carbocycles. The highest BCUT2D eigenvalue weighted by atomic mass is 16.5. The van der Waals surface area contributed by atoms with E-state index in [1.807, 2.05) is 19.2 Å². The monoisotopic (exact) mass is 279 g/mol. The number of ether oxygens (including phenoxy) is 2. The van der Waals surface area contributed by atoms with Crippen molar-refractivity contribution < 1.29 is 9.47 Å². The molecule has 0 radical (unpaired) electrons. The van der Waals surface area contributed by atoms with E-state index >= 15 is 0 Å². The van der Waals surface area contributed by atoms with Gasteiger partial charge in [-0.25, -0.2) is 0 Å². The van der Waals surface area contributed by atoms with Gasteiger partial charge in [-0.05, 0) is 43.5 Å². The molecule has 0 saturated carbocycles. The SMILES string of the molecule is CCCOc1ccc(C(COCCC(C)C)NC)cc1. The molecule has 114 valence electrons. The lowest BCUT2D eigenvalue weighted by Crippen LogP contribution is -2.22. The first kappa shape index (κ1) is 17.0. The Morgan fingerprint density at radius 3 is 2.35 bits per heavy atom. The minimum Gasteiger partial charge on any atom is -0.494 e. The van der Waals surface area contributed by atoms with Crippen LogP contribution in [-0.4, -0.2) is 26.9 Å². The molecule has 20 heavy (non-hydrogen) atoms.